The van der Waals surface area contributed by atoms with Crippen LogP contribution in [0.25, 0.3) is 11.1 Å². The van der Waals surface area contributed by atoms with Crippen molar-refractivity contribution in [1.29, 1.82) is 0 Å². The first-order chi connectivity index (χ1) is 14.8. The van der Waals surface area contributed by atoms with Crippen LogP contribution in [0.2, 0.25) is 5.02 Å². The molecule has 0 aromatic heterocycles. The van der Waals surface area contributed by atoms with Gasteiger partial charge in [0.05, 0.1) is 10.6 Å². The fraction of sp³-hybridized carbons (Fsp3) is 0.409. The number of hydrogen-bond donors (Lipinski definition) is 0. The molecule has 3 rings (SSSR count). The van der Waals surface area contributed by atoms with Crippen LogP contribution in [0.15, 0.2) is 36.4 Å². The standard InChI is InChI=1S/C22H19ClF6O3.K/c23-18-10-14(17(20(30)31)8-12-2-1-3-12)9-16(19(18)32-11-21(24,25)26)13-4-6-15(7-5-13)22(27,28)29;/h4-7,9-10,12,17H,1-3,8,11H2,(H,30,31);/q;+1/p-1/t17-;/m1./s1. The first-order valence-corrected chi connectivity index (χ1v) is 10.1. The Hall–Kier alpha value is -0.784. The zero-order valence-corrected chi connectivity index (χ0v) is 21.4. The second-order valence-electron chi connectivity index (χ2n) is 7.76. The van der Waals surface area contributed by atoms with Crippen molar-refractivity contribution in [3.8, 4) is 16.9 Å². The summed E-state index contributed by atoms with van der Waals surface area (Å²) in [5, 5.41) is 11.5. The van der Waals surface area contributed by atoms with Crippen LogP contribution in [0.3, 0.4) is 0 Å². The molecule has 2 aromatic rings. The second kappa shape index (κ2) is 11.3. The fourth-order valence-electron chi connectivity index (χ4n) is 3.60. The summed E-state index contributed by atoms with van der Waals surface area (Å²) in [6.07, 6.45) is -6.32. The molecule has 1 fully saturated rings. The number of benzene rings is 2. The van der Waals surface area contributed by atoms with Crippen molar-refractivity contribution in [2.75, 3.05) is 6.61 Å². The van der Waals surface area contributed by atoms with Crippen molar-refractivity contribution in [2.24, 2.45) is 5.92 Å². The number of rotatable bonds is 7. The third-order valence-electron chi connectivity index (χ3n) is 5.45. The third kappa shape index (κ3) is 7.60. The average molecular weight is 519 g/mol. The van der Waals surface area contributed by atoms with Crippen LogP contribution in [-0.2, 0) is 11.0 Å². The fourth-order valence-corrected chi connectivity index (χ4v) is 3.88. The normalized spacial score (nSPS) is 15.4. The zero-order chi connectivity index (χ0) is 23.7. The van der Waals surface area contributed by atoms with E-state index in [4.69, 9.17) is 16.3 Å². The van der Waals surface area contributed by atoms with E-state index in [1.165, 1.54) is 12.1 Å². The van der Waals surface area contributed by atoms with Crippen molar-refractivity contribution in [3.05, 3.63) is 52.5 Å². The van der Waals surface area contributed by atoms with Gasteiger partial charge in [-0.3, -0.25) is 0 Å². The van der Waals surface area contributed by atoms with Crippen molar-refractivity contribution >= 4 is 17.6 Å². The minimum atomic E-state index is -4.68. The monoisotopic (exact) mass is 518 g/mol. The van der Waals surface area contributed by atoms with Gasteiger partial charge in [0.2, 0.25) is 0 Å². The SMILES string of the molecule is O=C([O-])[C@H](CC1CCC1)c1cc(Cl)c(OCC(F)(F)F)c(-c2ccc(C(F)(F)F)cc2)c1.[K+]. The molecule has 174 valence electrons. The van der Waals surface area contributed by atoms with Gasteiger partial charge in [0.25, 0.3) is 0 Å². The topological polar surface area (TPSA) is 49.4 Å². The van der Waals surface area contributed by atoms with E-state index in [1.54, 1.807) is 0 Å². The predicted octanol–water partition coefficient (Wildman–Crippen LogP) is 2.99. The summed E-state index contributed by atoms with van der Waals surface area (Å²) in [4.78, 5) is 11.8. The molecular formula is C22H18ClF6KO3. The molecule has 1 atom stereocenters. The first kappa shape index (κ1) is 28.5. The molecular weight excluding hydrogens is 501 g/mol. The second-order valence-corrected chi connectivity index (χ2v) is 8.17. The van der Waals surface area contributed by atoms with E-state index in [1.807, 2.05) is 0 Å². The molecule has 1 saturated carbocycles. The van der Waals surface area contributed by atoms with Crippen molar-refractivity contribution < 1.29 is 92.4 Å². The Balaban J connectivity index is 0.00000385. The molecule has 33 heavy (non-hydrogen) atoms. The Kier molecular flexibility index (Phi) is 9.75. The van der Waals surface area contributed by atoms with E-state index in [0.29, 0.717) is 0 Å². The number of carboxylic acid groups (broad SMARTS) is 1. The van der Waals surface area contributed by atoms with Gasteiger partial charge >= 0.3 is 63.7 Å². The molecule has 0 saturated heterocycles. The molecule has 1 aliphatic rings. The average Bonchev–Trinajstić information content (AvgIpc) is 2.64. The maximum atomic E-state index is 12.9. The summed E-state index contributed by atoms with van der Waals surface area (Å²) in [6, 6.07) is 6.18. The van der Waals surface area contributed by atoms with E-state index >= 15 is 0 Å². The van der Waals surface area contributed by atoms with E-state index in [0.717, 1.165) is 43.5 Å². The summed E-state index contributed by atoms with van der Waals surface area (Å²) in [5.74, 6) is -2.65. The number of hydrogen-bond acceptors (Lipinski definition) is 3. The van der Waals surface area contributed by atoms with Gasteiger partial charge in [0.1, 0.15) is 5.75 Å². The molecule has 1 aliphatic carbocycles. The molecule has 0 heterocycles. The molecule has 0 aliphatic heterocycles. The van der Waals surface area contributed by atoms with Crippen molar-refractivity contribution in [1.82, 2.24) is 0 Å². The number of halogens is 7. The van der Waals surface area contributed by atoms with Crippen LogP contribution in [-0.4, -0.2) is 18.8 Å². The Labute approximate surface area is 233 Å². The number of carbonyl (C=O) groups excluding carboxylic acids is 1. The number of carboxylic acids is 1. The molecule has 0 unspecified atom stereocenters. The third-order valence-corrected chi connectivity index (χ3v) is 5.73. The summed E-state index contributed by atoms with van der Waals surface area (Å²) >= 11 is 6.16. The van der Waals surface area contributed by atoms with Gasteiger partial charge in [-0.05, 0) is 47.7 Å². The number of ether oxygens (including phenoxy) is 1. The summed E-state index contributed by atoms with van der Waals surface area (Å²) in [6.45, 7) is -1.67. The number of alkyl halides is 6. The molecule has 0 radical (unpaired) electrons. The van der Waals surface area contributed by atoms with Crippen LogP contribution in [0.4, 0.5) is 26.3 Å². The van der Waals surface area contributed by atoms with Crippen LogP contribution < -0.4 is 61.2 Å². The van der Waals surface area contributed by atoms with Crippen molar-refractivity contribution in [3.63, 3.8) is 0 Å². The molecule has 3 nitrogen and oxygen atoms in total. The maximum Gasteiger partial charge on any atom is 1.00 e. The van der Waals surface area contributed by atoms with E-state index in [9.17, 15) is 36.2 Å². The summed E-state index contributed by atoms with van der Waals surface area (Å²) in [5.41, 5.74) is -0.694. The van der Waals surface area contributed by atoms with E-state index < -0.39 is 42.2 Å². The molecule has 0 N–H and O–H groups in total. The van der Waals surface area contributed by atoms with Gasteiger partial charge in [0, 0.05) is 17.5 Å². The maximum absolute atomic E-state index is 12.9. The van der Waals surface area contributed by atoms with Gasteiger partial charge in [-0.2, -0.15) is 26.3 Å². The van der Waals surface area contributed by atoms with Gasteiger partial charge in [-0.15, -0.1) is 0 Å². The molecule has 0 bridgehead atoms. The van der Waals surface area contributed by atoms with Crippen LogP contribution in [0, 0.1) is 5.92 Å². The predicted molar refractivity (Wildman–Crippen MR) is 103 cm³/mol. The Bertz CT molecular complexity index is 972. The van der Waals surface area contributed by atoms with Gasteiger partial charge in [-0.1, -0.05) is 43.0 Å². The number of aliphatic carboxylic acids is 1. The van der Waals surface area contributed by atoms with E-state index in [-0.39, 0.29) is 85.4 Å². The number of carbonyl (C=O) groups is 1. The van der Waals surface area contributed by atoms with Crippen LogP contribution in [0.1, 0.15) is 42.7 Å². The van der Waals surface area contributed by atoms with E-state index in [2.05, 4.69) is 0 Å². The van der Waals surface area contributed by atoms with Crippen LogP contribution >= 0.6 is 11.6 Å². The van der Waals surface area contributed by atoms with Gasteiger partial charge in [-0.25, -0.2) is 0 Å². The molecule has 0 spiro atoms. The summed E-state index contributed by atoms with van der Waals surface area (Å²) < 4.78 is 81.7. The minimum absolute atomic E-state index is 0. The summed E-state index contributed by atoms with van der Waals surface area (Å²) in [7, 11) is 0. The first-order valence-electron chi connectivity index (χ1n) is 9.76. The Morgan fingerprint density at radius 1 is 1.09 bits per heavy atom. The molecule has 11 heteroatoms. The minimum Gasteiger partial charge on any atom is -0.549 e. The van der Waals surface area contributed by atoms with Crippen LogP contribution in [0.5, 0.6) is 5.75 Å². The molecule has 2 aromatic carbocycles. The zero-order valence-electron chi connectivity index (χ0n) is 17.5. The molecule has 0 amide bonds. The largest absolute Gasteiger partial charge is 1.00 e. The smallest absolute Gasteiger partial charge is 0.549 e. The Morgan fingerprint density at radius 2 is 1.70 bits per heavy atom. The van der Waals surface area contributed by atoms with Gasteiger partial charge in [0.15, 0.2) is 6.61 Å². The van der Waals surface area contributed by atoms with Crippen molar-refractivity contribution in [2.45, 2.75) is 44.0 Å². The quantitative estimate of drug-likeness (QED) is 0.418. The Morgan fingerprint density at radius 3 is 2.15 bits per heavy atom. The van der Waals surface area contributed by atoms with Gasteiger partial charge < -0.3 is 14.6 Å².